The summed E-state index contributed by atoms with van der Waals surface area (Å²) < 4.78 is 44.6. The molecular weight excluding hydrogens is 281 g/mol. The van der Waals surface area contributed by atoms with Crippen LogP contribution in [0.1, 0.15) is 11.1 Å². The highest BCUT2D eigenvalue weighted by atomic mass is 19.2. The number of nitriles is 1. The van der Waals surface area contributed by atoms with Crippen LogP contribution in [0.2, 0.25) is 0 Å². The lowest BCUT2D eigenvalue weighted by Crippen LogP contribution is -2.04. The Kier molecular flexibility index (Phi) is 4.33. The first-order chi connectivity index (χ1) is 10.0. The first-order valence-electron chi connectivity index (χ1n) is 6.00. The molecular formula is C15H11F3N2O. The summed E-state index contributed by atoms with van der Waals surface area (Å²) in [5.41, 5.74) is 0.695. The molecule has 0 radical (unpaired) electrons. The Bertz CT molecular complexity index is 711. The van der Waals surface area contributed by atoms with Gasteiger partial charge in [0.15, 0.2) is 11.6 Å². The third-order valence-corrected chi connectivity index (χ3v) is 2.86. The van der Waals surface area contributed by atoms with E-state index in [2.05, 4.69) is 5.32 Å². The number of ether oxygens (including phenoxy) is 1. The number of halogens is 3. The minimum Gasteiger partial charge on any atom is -0.495 e. The normalized spacial score (nSPS) is 10.0. The second-order valence-electron chi connectivity index (χ2n) is 4.25. The van der Waals surface area contributed by atoms with Crippen molar-refractivity contribution in [1.82, 2.24) is 0 Å². The zero-order valence-corrected chi connectivity index (χ0v) is 11.1. The summed E-state index contributed by atoms with van der Waals surface area (Å²) >= 11 is 0. The molecule has 6 heteroatoms. The van der Waals surface area contributed by atoms with E-state index in [1.807, 2.05) is 6.07 Å². The third kappa shape index (κ3) is 3.26. The summed E-state index contributed by atoms with van der Waals surface area (Å²) in [7, 11) is 1.44. The molecule has 0 atom stereocenters. The lowest BCUT2D eigenvalue weighted by atomic mass is 10.1. The van der Waals surface area contributed by atoms with Crippen LogP contribution in [-0.2, 0) is 6.54 Å². The van der Waals surface area contributed by atoms with E-state index >= 15 is 0 Å². The van der Waals surface area contributed by atoms with Gasteiger partial charge in [0.1, 0.15) is 17.6 Å². The van der Waals surface area contributed by atoms with E-state index < -0.39 is 17.5 Å². The number of nitrogens with zero attached hydrogens (tertiary/aromatic N) is 1. The molecule has 2 aromatic rings. The topological polar surface area (TPSA) is 45.0 Å². The number of nitrogens with one attached hydrogen (secondary N) is 1. The van der Waals surface area contributed by atoms with Gasteiger partial charge in [-0.25, -0.2) is 13.2 Å². The molecule has 0 aromatic heterocycles. The first-order valence-corrected chi connectivity index (χ1v) is 6.00. The summed E-state index contributed by atoms with van der Waals surface area (Å²) in [4.78, 5) is 0. The molecule has 0 saturated carbocycles. The van der Waals surface area contributed by atoms with Gasteiger partial charge in [-0.15, -0.1) is 0 Å². The molecule has 21 heavy (non-hydrogen) atoms. The Morgan fingerprint density at radius 2 is 1.95 bits per heavy atom. The second-order valence-corrected chi connectivity index (χ2v) is 4.25. The molecule has 0 aliphatic heterocycles. The van der Waals surface area contributed by atoms with E-state index in [4.69, 9.17) is 10.00 Å². The number of hydrogen-bond acceptors (Lipinski definition) is 3. The molecule has 0 saturated heterocycles. The molecule has 0 fully saturated rings. The molecule has 1 N–H and O–H groups in total. The van der Waals surface area contributed by atoms with Crippen molar-refractivity contribution in [1.29, 1.82) is 5.26 Å². The fourth-order valence-electron chi connectivity index (χ4n) is 1.83. The first kappa shape index (κ1) is 14.7. The van der Waals surface area contributed by atoms with E-state index in [0.29, 0.717) is 22.9 Å². The van der Waals surface area contributed by atoms with E-state index in [-0.39, 0.29) is 12.2 Å². The second kappa shape index (κ2) is 6.18. The molecule has 3 nitrogen and oxygen atoms in total. The fraction of sp³-hybridized carbons (Fsp3) is 0.133. The molecule has 0 aliphatic rings. The Labute approximate surface area is 119 Å². The van der Waals surface area contributed by atoms with Crippen LogP contribution in [0.4, 0.5) is 18.9 Å². The minimum atomic E-state index is -1.26. The molecule has 0 bridgehead atoms. The Morgan fingerprint density at radius 3 is 2.62 bits per heavy atom. The van der Waals surface area contributed by atoms with Crippen molar-refractivity contribution >= 4 is 5.69 Å². The minimum absolute atomic E-state index is 0.110. The van der Waals surface area contributed by atoms with E-state index in [0.717, 1.165) is 6.07 Å². The average molecular weight is 292 g/mol. The van der Waals surface area contributed by atoms with Crippen molar-refractivity contribution in [3.05, 3.63) is 58.9 Å². The van der Waals surface area contributed by atoms with Crippen molar-refractivity contribution in [3.63, 3.8) is 0 Å². The van der Waals surface area contributed by atoms with Crippen LogP contribution in [0, 0.1) is 28.8 Å². The zero-order chi connectivity index (χ0) is 15.4. The summed E-state index contributed by atoms with van der Waals surface area (Å²) in [6.07, 6.45) is 0. The summed E-state index contributed by atoms with van der Waals surface area (Å²) in [6, 6.07) is 8.13. The maximum Gasteiger partial charge on any atom is 0.182 e. The number of anilines is 1. The zero-order valence-electron chi connectivity index (χ0n) is 11.1. The fourth-order valence-corrected chi connectivity index (χ4v) is 1.83. The van der Waals surface area contributed by atoms with Crippen LogP contribution in [0.5, 0.6) is 5.75 Å². The van der Waals surface area contributed by atoms with Crippen molar-refractivity contribution in [2.24, 2.45) is 0 Å². The summed E-state index contributed by atoms with van der Waals surface area (Å²) in [5.74, 6) is -2.86. The smallest absolute Gasteiger partial charge is 0.182 e. The monoisotopic (exact) mass is 292 g/mol. The Balaban J connectivity index is 2.19. The van der Waals surface area contributed by atoms with E-state index in [1.165, 1.54) is 7.11 Å². The van der Waals surface area contributed by atoms with Gasteiger partial charge >= 0.3 is 0 Å². The molecule has 2 rings (SSSR count). The largest absolute Gasteiger partial charge is 0.495 e. The van der Waals surface area contributed by atoms with Gasteiger partial charge in [0, 0.05) is 18.7 Å². The van der Waals surface area contributed by atoms with Gasteiger partial charge in [-0.1, -0.05) is 6.07 Å². The van der Waals surface area contributed by atoms with Gasteiger partial charge < -0.3 is 10.1 Å². The molecule has 0 amide bonds. The highest BCUT2D eigenvalue weighted by molar-refractivity contribution is 5.49. The van der Waals surface area contributed by atoms with Crippen LogP contribution in [-0.4, -0.2) is 7.11 Å². The van der Waals surface area contributed by atoms with Gasteiger partial charge in [0.05, 0.1) is 18.4 Å². The number of rotatable bonds is 4. The van der Waals surface area contributed by atoms with Gasteiger partial charge in [-0.05, 0) is 17.7 Å². The summed E-state index contributed by atoms with van der Waals surface area (Å²) in [6.45, 7) is 0.110. The average Bonchev–Trinajstić information content (AvgIpc) is 2.49. The SMILES string of the molecule is COc1ccc(CNc2cc(F)cc(F)c2F)cc1C#N. The Hall–Kier alpha value is -2.68. The van der Waals surface area contributed by atoms with Crippen molar-refractivity contribution in [2.45, 2.75) is 6.54 Å². The molecule has 108 valence electrons. The molecule has 0 heterocycles. The molecule has 0 unspecified atom stereocenters. The van der Waals surface area contributed by atoms with Crippen LogP contribution in [0.3, 0.4) is 0 Å². The van der Waals surface area contributed by atoms with Crippen molar-refractivity contribution in [2.75, 3.05) is 12.4 Å². The van der Waals surface area contributed by atoms with Gasteiger partial charge in [0.25, 0.3) is 0 Å². The van der Waals surface area contributed by atoms with Crippen LogP contribution >= 0.6 is 0 Å². The van der Waals surface area contributed by atoms with E-state index in [9.17, 15) is 13.2 Å². The Morgan fingerprint density at radius 1 is 1.19 bits per heavy atom. The standard InChI is InChI=1S/C15H11F3N2O/c1-21-14-3-2-9(4-10(14)7-19)8-20-13-6-11(16)5-12(17)15(13)18/h2-6,20H,8H2,1H3. The highest BCUT2D eigenvalue weighted by Crippen LogP contribution is 2.22. The lowest BCUT2D eigenvalue weighted by molar-refractivity contribution is 0.413. The maximum atomic E-state index is 13.5. The summed E-state index contributed by atoms with van der Waals surface area (Å²) in [5, 5.41) is 11.6. The molecule has 0 spiro atoms. The van der Waals surface area contributed by atoms with Gasteiger partial charge in [-0.2, -0.15) is 5.26 Å². The maximum absolute atomic E-state index is 13.5. The third-order valence-electron chi connectivity index (χ3n) is 2.86. The number of benzene rings is 2. The molecule has 2 aromatic carbocycles. The van der Waals surface area contributed by atoms with Crippen molar-refractivity contribution < 1.29 is 17.9 Å². The van der Waals surface area contributed by atoms with Gasteiger partial charge in [0.2, 0.25) is 0 Å². The predicted octanol–water partition coefficient (Wildman–Crippen LogP) is 3.60. The lowest BCUT2D eigenvalue weighted by Gasteiger charge is -2.10. The van der Waals surface area contributed by atoms with Crippen LogP contribution in [0.25, 0.3) is 0 Å². The highest BCUT2D eigenvalue weighted by Gasteiger charge is 2.11. The number of methoxy groups -OCH3 is 1. The van der Waals surface area contributed by atoms with E-state index in [1.54, 1.807) is 18.2 Å². The van der Waals surface area contributed by atoms with Crippen LogP contribution in [0.15, 0.2) is 30.3 Å². The quantitative estimate of drug-likeness (QED) is 0.876. The number of hydrogen-bond donors (Lipinski definition) is 1. The predicted molar refractivity (Wildman–Crippen MR) is 71.4 cm³/mol. The van der Waals surface area contributed by atoms with Gasteiger partial charge in [-0.3, -0.25) is 0 Å². The van der Waals surface area contributed by atoms with Crippen LogP contribution < -0.4 is 10.1 Å². The molecule has 0 aliphatic carbocycles. The van der Waals surface area contributed by atoms with Crippen molar-refractivity contribution in [3.8, 4) is 11.8 Å².